The summed E-state index contributed by atoms with van der Waals surface area (Å²) in [6, 6.07) is 16.6. The zero-order chi connectivity index (χ0) is 19.2. The second-order valence-electron chi connectivity index (χ2n) is 5.96. The Labute approximate surface area is 156 Å². The number of amides is 1. The summed E-state index contributed by atoms with van der Waals surface area (Å²) in [5, 5.41) is 5.77. The third kappa shape index (κ3) is 4.76. The quantitative estimate of drug-likeness (QED) is 0.647. The van der Waals surface area contributed by atoms with Crippen LogP contribution in [0, 0.1) is 5.82 Å². The van der Waals surface area contributed by atoms with Crippen molar-refractivity contribution in [1.29, 1.82) is 0 Å². The van der Waals surface area contributed by atoms with Gasteiger partial charge in [0.25, 0.3) is 5.91 Å². The molecule has 5 nitrogen and oxygen atoms in total. The molecule has 1 amide bonds. The molecule has 6 heteroatoms. The van der Waals surface area contributed by atoms with Crippen LogP contribution in [0.2, 0.25) is 0 Å². The first kappa shape index (κ1) is 18.3. The monoisotopic (exact) mass is 363 g/mol. The van der Waals surface area contributed by atoms with Crippen molar-refractivity contribution in [3.63, 3.8) is 0 Å². The van der Waals surface area contributed by atoms with Crippen molar-refractivity contribution < 1.29 is 14.0 Å². The normalized spacial score (nSPS) is 10.3. The van der Waals surface area contributed by atoms with Crippen molar-refractivity contribution in [1.82, 2.24) is 10.3 Å². The molecule has 0 unspecified atom stereocenters. The first-order chi connectivity index (χ1) is 13.0. The number of pyridine rings is 1. The molecule has 0 saturated heterocycles. The van der Waals surface area contributed by atoms with E-state index in [9.17, 15) is 14.0 Å². The minimum Gasteiger partial charge on any atom is -0.348 e. The number of carbonyl (C=O) groups is 2. The average Bonchev–Trinajstić information content (AvgIpc) is 2.68. The van der Waals surface area contributed by atoms with E-state index in [2.05, 4.69) is 15.6 Å². The Balaban J connectivity index is 1.60. The van der Waals surface area contributed by atoms with Gasteiger partial charge in [-0.1, -0.05) is 18.2 Å². The number of aromatic nitrogens is 1. The van der Waals surface area contributed by atoms with Gasteiger partial charge < -0.3 is 10.6 Å². The molecule has 0 saturated carbocycles. The number of nitrogens with zero attached hydrogens (tertiary/aromatic N) is 1. The molecule has 0 bridgehead atoms. The molecule has 1 aromatic heterocycles. The Morgan fingerprint density at radius 3 is 2.30 bits per heavy atom. The highest BCUT2D eigenvalue weighted by Crippen LogP contribution is 2.16. The van der Waals surface area contributed by atoms with Gasteiger partial charge in [0.1, 0.15) is 11.6 Å². The lowest BCUT2D eigenvalue weighted by Gasteiger charge is -2.08. The molecule has 0 aliphatic heterocycles. The van der Waals surface area contributed by atoms with E-state index in [1.165, 1.54) is 19.2 Å². The maximum absolute atomic E-state index is 13.6. The Kier molecular flexibility index (Phi) is 5.56. The molecule has 0 aliphatic rings. The molecule has 0 aliphatic carbocycles. The van der Waals surface area contributed by atoms with Crippen molar-refractivity contribution in [3.8, 4) is 0 Å². The minimum absolute atomic E-state index is 0.00502. The Bertz CT molecular complexity index is 954. The summed E-state index contributed by atoms with van der Waals surface area (Å²) in [7, 11) is 0. The van der Waals surface area contributed by atoms with Crippen LogP contribution in [0.25, 0.3) is 0 Å². The Hall–Kier alpha value is -3.54. The van der Waals surface area contributed by atoms with Gasteiger partial charge in [0.05, 0.1) is 5.56 Å². The van der Waals surface area contributed by atoms with Crippen LogP contribution >= 0.6 is 0 Å². The summed E-state index contributed by atoms with van der Waals surface area (Å²) in [5.74, 6) is -0.115. The highest BCUT2D eigenvalue weighted by atomic mass is 19.1. The first-order valence-electron chi connectivity index (χ1n) is 8.38. The molecule has 0 fully saturated rings. The third-order valence-corrected chi connectivity index (χ3v) is 3.99. The molecular weight excluding hydrogens is 345 g/mol. The van der Waals surface area contributed by atoms with Gasteiger partial charge >= 0.3 is 0 Å². The molecule has 3 aromatic rings. The van der Waals surface area contributed by atoms with Gasteiger partial charge in [-0.15, -0.1) is 0 Å². The third-order valence-electron chi connectivity index (χ3n) is 3.99. The van der Waals surface area contributed by atoms with Crippen LogP contribution < -0.4 is 10.6 Å². The molecule has 2 N–H and O–H groups in total. The van der Waals surface area contributed by atoms with Gasteiger partial charge in [0, 0.05) is 29.6 Å². The van der Waals surface area contributed by atoms with Crippen LogP contribution in [-0.2, 0) is 6.54 Å². The first-order valence-corrected chi connectivity index (χ1v) is 8.38. The zero-order valence-corrected chi connectivity index (χ0v) is 14.7. The van der Waals surface area contributed by atoms with E-state index in [0.29, 0.717) is 22.5 Å². The van der Waals surface area contributed by atoms with Gasteiger partial charge in [0.15, 0.2) is 5.78 Å². The van der Waals surface area contributed by atoms with Crippen LogP contribution in [0.15, 0.2) is 66.9 Å². The number of hydrogen-bond donors (Lipinski definition) is 2. The number of nitrogens with one attached hydrogen (secondary N) is 2. The van der Waals surface area contributed by atoms with Crippen LogP contribution in [-0.4, -0.2) is 16.7 Å². The summed E-state index contributed by atoms with van der Waals surface area (Å²) >= 11 is 0. The lowest BCUT2D eigenvalue weighted by atomic mass is 10.1. The number of rotatable bonds is 6. The second-order valence-corrected chi connectivity index (χ2v) is 5.96. The zero-order valence-electron chi connectivity index (χ0n) is 14.7. The van der Waals surface area contributed by atoms with Gasteiger partial charge in [-0.3, -0.25) is 9.59 Å². The molecular formula is C21H18FN3O2. The van der Waals surface area contributed by atoms with E-state index >= 15 is 0 Å². The number of hydrogen-bond acceptors (Lipinski definition) is 4. The van der Waals surface area contributed by atoms with Gasteiger partial charge in [-0.05, 0) is 49.4 Å². The van der Waals surface area contributed by atoms with E-state index in [-0.39, 0.29) is 24.1 Å². The highest BCUT2D eigenvalue weighted by molar-refractivity contribution is 5.94. The summed E-state index contributed by atoms with van der Waals surface area (Å²) in [6.45, 7) is 1.62. The van der Waals surface area contributed by atoms with E-state index in [0.717, 1.165) is 5.69 Å². The number of benzene rings is 2. The smallest absolute Gasteiger partial charge is 0.253 e. The summed E-state index contributed by atoms with van der Waals surface area (Å²) in [4.78, 5) is 27.7. The largest absolute Gasteiger partial charge is 0.348 e. The average molecular weight is 363 g/mol. The maximum atomic E-state index is 13.6. The van der Waals surface area contributed by atoms with Crippen molar-refractivity contribution in [2.45, 2.75) is 13.5 Å². The van der Waals surface area contributed by atoms with Crippen LogP contribution in [0.4, 0.5) is 15.9 Å². The summed E-state index contributed by atoms with van der Waals surface area (Å²) in [5.41, 5.74) is 2.22. The fourth-order valence-corrected chi connectivity index (χ4v) is 2.46. The van der Waals surface area contributed by atoms with E-state index < -0.39 is 0 Å². The highest BCUT2D eigenvalue weighted by Gasteiger charge is 2.08. The maximum Gasteiger partial charge on any atom is 0.253 e. The molecule has 0 atom stereocenters. The van der Waals surface area contributed by atoms with E-state index in [1.807, 2.05) is 0 Å². The Morgan fingerprint density at radius 1 is 0.963 bits per heavy atom. The number of anilines is 2. The van der Waals surface area contributed by atoms with Gasteiger partial charge in [0.2, 0.25) is 0 Å². The predicted molar refractivity (Wildman–Crippen MR) is 102 cm³/mol. The van der Waals surface area contributed by atoms with Crippen LogP contribution in [0.1, 0.15) is 33.2 Å². The van der Waals surface area contributed by atoms with Crippen LogP contribution in [0.5, 0.6) is 0 Å². The fourth-order valence-electron chi connectivity index (χ4n) is 2.46. The number of halogens is 1. The standard InChI is InChI=1S/C21H18FN3O2/c1-14(26)15-6-9-18(10-7-15)25-20-11-8-17(13-23-20)21(27)24-12-16-4-2-3-5-19(16)22/h2-11,13H,12H2,1H3,(H,23,25)(H,24,27). The molecule has 0 radical (unpaired) electrons. The molecule has 136 valence electrons. The minimum atomic E-state index is -0.355. The number of carbonyl (C=O) groups excluding carboxylic acids is 2. The van der Waals surface area contributed by atoms with Crippen molar-refractivity contribution >= 4 is 23.2 Å². The lowest BCUT2D eigenvalue weighted by molar-refractivity contribution is 0.0949. The number of Topliss-reactive ketones (excluding diaryl/α,β-unsaturated/α-hetero) is 1. The molecule has 0 spiro atoms. The van der Waals surface area contributed by atoms with Crippen molar-refractivity contribution in [2.75, 3.05) is 5.32 Å². The molecule has 27 heavy (non-hydrogen) atoms. The van der Waals surface area contributed by atoms with Crippen molar-refractivity contribution in [2.24, 2.45) is 0 Å². The van der Waals surface area contributed by atoms with E-state index in [1.54, 1.807) is 54.6 Å². The van der Waals surface area contributed by atoms with E-state index in [4.69, 9.17) is 0 Å². The molecule has 3 rings (SSSR count). The molecule has 2 aromatic carbocycles. The predicted octanol–water partition coefficient (Wildman–Crippen LogP) is 4.10. The SMILES string of the molecule is CC(=O)c1ccc(Nc2ccc(C(=O)NCc3ccccc3F)cn2)cc1. The Morgan fingerprint density at radius 2 is 1.67 bits per heavy atom. The fraction of sp³-hybridized carbons (Fsp3) is 0.0952. The van der Waals surface area contributed by atoms with Crippen LogP contribution in [0.3, 0.4) is 0 Å². The second kappa shape index (κ2) is 8.23. The summed E-state index contributed by atoms with van der Waals surface area (Å²) < 4.78 is 13.6. The lowest BCUT2D eigenvalue weighted by Crippen LogP contribution is -2.23. The van der Waals surface area contributed by atoms with Crippen molar-refractivity contribution in [3.05, 3.63) is 89.4 Å². The van der Waals surface area contributed by atoms with Gasteiger partial charge in [-0.25, -0.2) is 9.37 Å². The van der Waals surface area contributed by atoms with Gasteiger partial charge in [-0.2, -0.15) is 0 Å². The summed E-state index contributed by atoms with van der Waals surface area (Å²) in [6.07, 6.45) is 1.45. The molecule has 1 heterocycles. The number of ketones is 1. The topological polar surface area (TPSA) is 71.1 Å².